The Morgan fingerprint density at radius 1 is 1.36 bits per heavy atom. The molecule has 3 rings (SSSR count). The van der Waals surface area contributed by atoms with Crippen LogP contribution < -0.4 is 4.74 Å². The van der Waals surface area contributed by atoms with Gasteiger partial charge in [0, 0.05) is 19.3 Å². The van der Waals surface area contributed by atoms with Crippen LogP contribution >= 0.6 is 0 Å². The molecule has 22 heavy (non-hydrogen) atoms. The lowest BCUT2D eigenvalue weighted by molar-refractivity contribution is -0.141. The van der Waals surface area contributed by atoms with Crippen molar-refractivity contribution in [2.24, 2.45) is 0 Å². The summed E-state index contributed by atoms with van der Waals surface area (Å²) in [5.74, 6) is 0.666. The largest absolute Gasteiger partial charge is 0.484 e. The van der Waals surface area contributed by atoms with E-state index in [-0.39, 0.29) is 18.6 Å². The molecule has 1 aromatic carbocycles. The van der Waals surface area contributed by atoms with Gasteiger partial charge in [-0.1, -0.05) is 23.4 Å². The number of hydrogen-bond donors (Lipinski definition) is 0. The van der Waals surface area contributed by atoms with E-state index in [4.69, 9.17) is 9.47 Å². The Morgan fingerprint density at radius 2 is 2.23 bits per heavy atom. The summed E-state index contributed by atoms with van der Waals surface area (Å²) in [7, 11) is 0. The summed E-state index contributed by atoms with van der Waals surface area (Å²) in [5, 5.41) is 7.68. The third kappa shape index (κ3) is 3.82. The van der Waals surface area contributed by atoms with Crippen LogP contribution in [-0.4, -0.2) is 58.2 Å². The molecule has 0 bridgehead atoms. The van der Waals surface area contributed by atoms with Gasteiger partial charge in [0.15, 0.2) is 6.61 Å². The molecule has 0 aliphatic carbocycles. The molecule has 7 nitrogen and oxygen atoms in total. The molecule has 0 radical (unpaired) electrons. The predicted octanol–water partition coefficient (Wildman–Crippen LogP) is 0.584. The molecular weight excluding hydrogens is 284 g/mol. The Hall–Kier alpha value is -2.41. The third-order valence-corrected chi connectivity index (χ3v) is 3.46. The van der Waals surface area contributed by atoms with Crippen LogP contribution in [0.3, 0.4) is 0 Å². The van der Waals surface area contributed by atoms with Crippen LogP contribution in [0.15, 0.2) is 42.7 Å². The molecule has 2 heterocycles. The molecular formula is C15H18N4O3. The first-order chi connectivity index (χ1) is 10.8. The molecule has 1 unspecified atom stereocenters. The van der Waals surface area contributed by atoms with Crippen molar-refractivity contribution >= 4 is 5.91 Å². The van der Waals surface area contributed by atoms with Crippen LogP contribution in [0.2, 0.25) is 0 Å². The van der Waals surface area contributed by atoms with E-state index in [2.05, 4.69) is 10.3 Å². The SMILES string of the molecule is O=C(COc1ccccc1)N1CCOC(Cn2ccnn2)C1. The van der Waals surface area contributed by atoms with Gasteiger partial charge in [-0.25, -0.2) is 4.68 Å². The molecule has 0 spiro atoms. The summed E-state index contributed by atoms with van der Waals surface area (Å²) >= 11 is 0. The lowest BCUT2D eigenvalue weighted by Crippen LogP contribution is -2.48. The van der Waals surface area contributed by atoms with Gasteiger partial charge in [0.1, 0.15) is 5.75 Å². The van der Waals surface area contributed by atoms with Gasteiger partial charge < -0.3 is 14.4 Å². The lowest BCUT2D eigenvalue weighted by atomic mass is 10.2. The maximum Gasteiger partial charge on any atom is 0.260 e. The van der Waals surface area contributed by atoms with Gasteiger partial charge in [-0.2, -0.15) is 0 Å². The number of carbonyl (C=O) groups is 1. The zero-order valence-corrected chi connectivity index (χ0v) is 12.2. The van der Waals surface area contributed by atoms with E-state index in [1.54, 1.807) is 22.0 Å². The van der Waals surface area contributed by atoms with Crippen LogP contribution in [0, 0.1) is 0 Å². The number of aromatic nitrogens is 3. The standard InChI is InChI=1S/C15H18N4O3/c20-15(12-22-13-4-2-1-3-5-13)18-8-9-21-14(10-18)11-19-7-6-16-17-19/h1-7,14H,8-12H2. The number of morpholine rings is 1. The topological polar surface area (TPSA) is 69.5 Å². The smallest absolute Gasteiger partial charge is 0.260 e. The molecule has 1 aliphatic rings. The molecule has 1 atom stereocenters. The van der Waals surface area contributed by atoms with Gasteiger partial charge >= 0.3 is 0 Å². The molecule has 2 aromatic rings. The molecule has 116 valence electrons. The minimum atomic E-state index is -0.0730. The molecule has 1 saturated heterocycles. The molecule has 7 heteroatoms. The van der Waals surface area contributed by atoms with Crippen molar-refractivity contribution in [2.75, 3.05) is 26.3 Å². The Labute approximate surface area is 128 Å². The van der Waals surface area contributed by atoms with E-state index >= 15 is 0 Å². The molecule has 0 saturated carbocycles. The van der Waals surface area contributed by atoms with Crippen LogP contribution in [0.4, 0.5) is 0 Å². The second kappa shape index (κ2) is 7.04. The Bertz CT molecular complexity index is 588. The molecule has 1 aromatic heterocycles. The van der Waals surface area contributed by atoms with E-state index in [0.29, 0.717) is 32.0 Å². The van der Waals surface area contributed by atoms with Crippen molar-refractivity contribution in [3.05, 3.63) is 42.7 Å². The second-order valence-electron chi connectivity index (χ2n) is 5.06. The minimum Gasteiger partial charge on any atom is -0.484 e. The summed E-state index contributed by atoms with van der Waals surface area (Å²) in [6.07, 6.45) is 3.33. The lowest BCUT2D eigenvalue weighted by Gasteiger charge is -2.32. The third-order valence-electron chi connectivity index (χ3n) is 3.46. The average Bonchev–Trinajstić information content (AvgIpc) is 3.07. The Balaban J connectivity index is 1.49. The summed E-state index contributed by atoms with van der Waals surface area (Å²) in [4.78, 5) is 14.0. The second-order valence-corrected chi connectivity index (χ2v) is 5.06. The average molecular weight is 302 g/mol. The summed E-state index contributed by atoms with van der Waals surface area (Å²) in [6.45, 7) is 2.28. The number of nitrogens with zero attached hydrogens (tertiary/aromatic N) is 4. The number of carbonyl (C=O) groups excluding carboxylic acids is 1. The van der Waals surface area contributed by atoms with Gasteiger partial charge in [0.05, 0.1) is 25.5 Å². The highest BCUT2D eigenvalue weighted by atomic mass is 16.5. The van der Waals surface area contributed by atoms with Crippen molar-refractivity contribution in [1.82, 2.24) is 19.9 Å². The normalized spacial score (nSPS) is 18.2. The highest BCUT2D eigenvalue weighted by molar-refractivity contribution is 5.77. The Kier molecular flexibility index (Phi) is 4.65. The van der Waals surface area contributed by atoms with Crippen molar-refractivity contribution in [1.29, 1.82) is 0 Å². The first-order valence-electron chi connectivity index (χ1n) is 7.22. The van der Waals surface area contributed by atoms with E-state index < -0.39 is 0 Å². The van der Waals surface area contributed by atoms with E-state index in [1.807, 2.05) is 30.3 Å². The predicted molar refractivity (Wildman–Crippen MR) is 78.3 cm³/mol. The van der Waals surface area contributed by atoms with Crippen molar-refractivity contribution in [3.63, 3.8) is 0 Å². The quantitative estimate of drug-likeness (QED) is 0.808. The Morgan fingerprint density at radius 3 is 3.00 bits per heavy atom. The fraction of sp³-hybridized carbons (Fsp3) is 0.400. The highest BCUT2D eigenvalue weighted by Crippen LogP contribution is 2.10. The number of hydrogen-bond acceptors (Lipinski definition) is 5. The van der Waals surface area contributed by atoms with Gasteiger partial charge in [-0.15, -0.1) is 5.10 Å². The molecule has 1 amide bonds. The monoisotopic (exact) mass is 302 g/mol. The number of para-hydroxylation sites is 1. The maximum absolute atomic E-state index is 12.2. The zero-order valence-electron chi connectivity index (χ0n) is 12.2. The van der Waals surface area contributed by atoms with Crippen LogP contribution in [0.1, 0.15) is 0 Å². The number of ether oxygens (including phenoxy) is 2. The van der Waals surface area contributed by atoms with Gasteiger partial charge in [0.2, 0.25) is 0 Å². The van der Waals surface area contributed by atoms with E-state index in [9.17, 15) is 4.79 Å². The first kappa shape index (κ1) is 14.5. The molecule has 1 aliphatic heterocycles. The van der Waals surface area contributed by atoms with Crippen LogP contribution in [0.5, 0.6) is 5.75 Å². The first-order valence-corrected chi connectivity index (χ1v) is 7.22. The highest BCUT2D eigenvalue weighted by Gasteiger charge is 2.24. The zero-order chi connectivity index (χ0) is 15.2. The summed E-state index contributed by atoms with van der Waals surface area (Å²) in [5.41, 5.74) is 0. The number of benzene rings is 1. The summed E-state index contributed by atoms with van der Waals surface area (Å²) < 4.78 is 12.9. The maximum atomic E-state index is 12.2. The number of amides is 1. The molecule has 0 N–H and O–H groups in total. The fourth-order valence-electron chi connectivity index (χ4n) is 2.35. The summed E-state index contributed by atoms with van der Waals surface area (Å²) in [6, 6.07) is 9.33. The molecule has 1 fully saturated rings. The minimum absolute atomic E-state index is 0.0317. The van der Waals surface area contributed by atoms with E-state index in [0.717, 1.165) is 0 Å². The van der Waals surface area contributed by atoms with Gasteiger partial charge in [0.25, 0.3) is 5.91 Å². The van der Waals surface area contributed by atoms with Gasteiger partial charge in [-0.3, -0.25) is 4.79 Å². The fourth-order valence-corrected chi connectivity index (χ4v) is 2.35. The van der Waals surface area contributed by atoms with Crippen molar-refractivity contribution < 1.29 is 14.3 Å². The number of rotatable bonds is 5. The van der Waals surface area contributed by atoms with Crippen molar-refractivity contribution in [2.45, 2.75) is 12.6 Å². The van der Waals surface area contributed by atoms with E-state index in [1.165, 1.54) is 0 Å². The van der Waals surface area contributed by atoms with Crippen molar-refractivity contribution in [3.8, 4) is 5.75 Å². The van der Waals surface area contributed by atoms with Crippen LogP contribution in [0.25, 0.3) is 0 Å². The van der Waals surface area contributed by atoms with Crippen LogP contribution in [-0.2, 0) is 16.1 Å². The van der Waals surface area contributed by atoms with Gasteiger partial charge in [-0.05, 0) is 12.1 Å².